The number of hydrogen-bond acceptors (Lipinski definition) is 2. The topological polar surface area (TPSA) is 12.0 Å². The average Bonchev–Trinajstić information content (AvgIpc) is 2.69. The van der Waals surface area contributed by atoms with Gasteiger partial charge < -0.3 is 5.32 Å². The summed E-state index contributed by atoms with van der Waals surface area (Å²) >= 11 is 1.82. The first kappa shape index (κ1) is 12.3. The summed E-state index contributed by atoms with van der Waals surface area (Å²) in [6.07, 6.45) is 8.35. The molecule has 1 heterocycles. The molecule has 0 aliphatic heterocycles. The predicted octanol–water partition coefficient (Wildman–Crippen LogP) is 3.07. The summed E-state index contributed by atoms with van der Waals surface area (Å²) < 4.78 is 0. The molecule has 1 N–H and O–H groups in total. The summed E-state index contributed by atoms with van der Waals surface area (Å²) in [4.78, 5) is 1.44. The lowest BCUT2D eigenvalue weighted by atomic mass is 10.1. The van der Waals surface area contributed by atoms with Gasteiger partial charge in [-0.2, -0.15) is 0 Å². The number of rotatable bonds is 6. The molecule has 1 aromatic heterocycles. The van der Waals surface area contributed by atoms with E-state index in [0.29, 0.717) is 12.1 Å². The van der Waals surface area contributed by atoms with E-state index in [-0.39, 0.29) is 0 Å². The molecule has 1 aromatic rings. The van der Waals surface area contributed by atoms with E-state index in [1.54, 1.807) is 0 Å². The molecule has 0 aliphatic carbocycles. The normalized spacial score (nSPS) is 14.5. The second kappa shape index (κ2) is 6.66. The van der Waals surface area contributed by atoms with Gasteiger partial charge in [0.2, 0.25) is 0 Å². The maximum atomic E-state index is 5.33. The summed E-state index contributed by atoms with van der Waals surface area (Å²) in [6, 6.07) is 5.25. The lowest BCUT2D eigenvalue weighted by Crippen LogP contribution is -2.37. The van der Waals surface area contributed by atoms with Crippen LogP contribution in [-0.2, 0) is 6.42 Å². The zero-order valence-electron chi connectivity index (χ0n) is 9.49. The molecule has 1 rings (SSSR count). The van der Waals surface area contributed by atoms with E-state index in [1.807, 2.05) is 11.3 Å². The molecule has 0 fully saturated rings. The highest BCUT2D eigenvalue weighted by Gasteiger charge is 2.09. The van der Waals surface area contributed by atoms with Crippen LogP contribution in [0.3, 0.4) is 0 Å². The van der Waals surface area contributed by atoms with Gasteiger partial charge in [-0.1, -0.05) is 13.0 Å². The molecular formula is C13H19NS. The summed E-state index contributed by atoms with van der Waals surface area (Å²) in [5.41, 5.74) is 0. The number of terminal acetylenes is 1. The van der Waals surface area contributed by atoms with E-state index in [9.17, 15) is 0 Å². The van der Waals surface area contributed by atoms with E-state index in [4.69, 9.17) is 6.42 Å². The van der Waals surface area contributed by atoms with Crippen molar-refractivity contribution in [2.45, 2.75) is 45.2 Å². The molecule has 82 valence electrons. The van der Waals surface area contributed by atoms with Crippen LogP contribution in [0.5, 0.6) is 0 Å². The largest absolute Gasteiger partial charge is 0.310 e. The van der Waals surface area contributed by atoms with E-state index < -0.39 is 0 Å². The van der Waals surface area contributed by atoms with Crippen molar-refractivity contribution in [1.82, 2.24) is 5.32 Å². The van der Waals surface area contributed by atoms with Gasteiger partial charge in [-0.15, -0.1) is 23.7 Å². The van der Waals surface area contributed by atoms with Crippen LogP contribution in [0.25, 0.3) is 0 Å². The molecule has 0 bridgehead atoms. The Morgan fingerprint density at radius 2 is 2.40 bits per heavy atom. The Morgan fingerprint density at radius 3 is 2.93 bits per heavy atom. The van der Waals surface area contributed by atoms with E-state index in [2.05, 4.69) is 42.6 Å². The van der Waals surface area contributed by atoms with Crippen LogP contribution in [0.2, 0.25) is 0 Å². The smallest absolute Gasteiger partial charge is 0.0240 e. The summed E-state index contributed by atoms with van der Waals surface area (Å²) in [6.45, 7) is 4.39. The molecule has 0 spiro atoms. The van der Waals surface area contributed by atoms with Crippen LogP contribution in [-0.4, -0.2) is 12.1 Å². The Kier molecular flexibility index (Phi) is 5.45. The van der Waals surface area contributed by atoms with Gasteiger partial charge in [0.05, 0.1) is 0 Å². The highest BCUT2D eigenvalue weighted by atomic mass is 32.1. The van der Waals surface area contributed by atoms with Crippen LogP contribution >= 0.6 is 11.3 Å². The lowest BCUT2D eigenvalue weighted by molar-refractivity contribution is 0.439. The molecule has 0 amide bonds. The van der Waals surface area contributed by atoms with Gasteiger partial charge in [-0.05, 0) is 31.2 Å². The molecule has 2 atom stereocenters. The molecule has 2 heteroatoms. The maximum absolute atomic E-state index is 5.33. The third-order valence-corrected chi connectivity index (χ3v) is 3.36. The van der Waals surface area contributed by atoms with Crippen molar-refractivity contribution >= 4 is 11.3 Å². The SMILES string of the molecule is C#CCC(CC)NC(C)Cc1cccs1. The summed E-state index contributed by atoms with van der Waals surface area (Å²) in [5.74, 6) is 2.72. The first-order valence-electron chi connectivity index (χ1n) is 5.48. The van der Waals surface area contributed by atoms with Gasteiger partial charge in [-0.3, -0.25) is 0 Å². The predicted molar refractivity (Wildman–Crippen MR) is 68.1 cm³/mol. The minimum atomic E-state index is 0.463. The van der Waals surface area contributed by atoms with Crippen LogP contribution in [0, 0.1) is 12.3 Å². The number of hydrogen-bond donors (Lipinski definition) is 1. The molecular weight excluding hydrogens is 202 g/mol. The van der Waals surface area contributed by atoms with Crippen molar-refractivity contribution in [3.05, 3.63) is 22.4 Å². The van der Waals surface area contributed by atoms with Crippen LogP contribution in [0.15, 0.2) is 17.5 Å². The third-order valence-electron chi connectivity index (χ3n) is 2.46. The van der Waals surface area contributed by atoms with Gasteiger partial charge in [0.15, 0.2) is 0 Å². The molecule has 15 heavy (non-hydrogen) atoms. The van der Waals surface area contributed by atoms with Crippen LogP contribution < -0.4 is 5.32 Å². The molecule has 0 aliphatic rings. The maximum Gasteiger partial charge on any atom is 0.0240 e. The standard InChI is InChI=1S/C13H19NS/c1-4-7-12(5-2)14-11(3)10-13-8-6-9-15-13/h1,6,8-9,11-12,14H,5,7,10H2,2-3H3. The Labute approximate surface area is 96.9 Å². The third kappa shape index (κ3) is 4.51. The van der Waals surface area contributed by atoms with Crippen molar-refractivity contribution < 1.29 is 0 Å². The molecule has 0 radical (unpaired) electrons. The first-order chi connectivity index (χ1) is 7.26. The van der Waals surface area contributed by atoms with Gasteiger partial charge in [-0.25, -0.2) is 0 Å². The first-order valence-corrected chi connectivity index (χ1v) is 6.36. The number of nitrogens with one attached hydrogen (secondary N) is 1. The fourth-order valence-electron chi connectivity index (χ4n) is 1.66. The summed E-state index contributed by atoms with van der Waals surface area (Å²) in [7, 11) is 0. The van der Waals surface area contributed by atoms with Gasteiger partial charge in [0.25, 0.3) is 0 Å². The molecule has 0 saturated heterocycles. The van der Waals surface area contributed by atoms with Crippen LogP contribution in [0.1, 0.15) is 31.6 Å². The fourth-order valence-corrected chi connectivity index (χ4v) is 2.49. The average molecular weight is 221 g/mol. The molecule has 0 saturated carbocycles. The zero-order chi connectivity index (χ0) is 11.1. The fraction of sp³-hybridized carbons (Fsp3) is 0.538. The van der Waals surface area contributed by atoms with Crippen LogP contribution in [0.4, 0.5) is 0 Å². The Hall–Kier alpha value is -0.780. The highest BCUT2D eigenvalue weighted by Crippen LogP contribution is 2.11. The molecule has 0 aromatic carbocycles. The van der Waals surface area contributed by atoms with Gasteiger partial charge in [0, 0.05) is 23.4 Å². The Balaban J connectivity index is 2.34. The Morgan fingerprint density at radius 1 is 1.60 bits per heavy atom. The monoisotopic (exact) mass is 221 g/mol. The van der Waals surface area contributed by atoms with Gasteiger partial charge in [0.1, 0.15) is 0 Å². The van der Waals surface area contributed by atoms with Crippen molar-refractivity contribution in [2.24, 2.45) is 0 Å². The van der Waals surface area contributed by atoms with E-state index >= 15 is 0 Å². The summed E-state index contributed by atoms with van der Waals surface area (Å²) in [5, 5.41) is 5.70. The van der Waals surface area contributed by atoms with Crippen molar-refractivity contribution in [1.29, 1.82) is 0 Å². The van der Waals surface area contributed by atoms with Crippen molar-refractivity contribution in [3.63, 3.8) is 0 Å². The van der Waals surface area contributed by atoms with Gasteiger partial charge >= 0.3 is 0 Å². The van der Waals surface area contributed by atoms with Crippen molar-refractivity contribution in [2.75, 3.05) is 0 Å². The van der Waals surface area contributed by atoms with E-state index in [1.165, 1.54) is 4.88 Å². The zero-order valence-corrected chi connectivity index (χ0v) is 10.3. The Bertz CT molecular complexity index is 297. The molecule has 1 nitrogen and oxygen atoms in total. The minimum Gasteiger partial charge on any atom is -0.310 e. The lowest BCUT2D eigenvalue weighted by Gasteiger charge is -2.20. The van der Waals surface area contributed by atoms with E-state index in [0.717, 1.165) is 19.3 Å². The molecule has 2 unspecified atom stereocenters. The quantitative estimate of drug-likeness (QED) is 0.728. The second-order valence-electron chi connectivity index (χ2n) is 3.86. The minimum absolute atomic E-state index is 0.463. The number of thiophene rings is 1. The highest BCUT2D eigenvalue weighted by molar-refractivity contribution is 7.09. The second-order valence-corrected chi connectivity index (χ2v) is 4.90. The van der Waals surface area contributed by atoms with Crippen molar-refractivity contribution in [3.8, 4) is 12.3 Å².